The summed E-state index contributed by atoms with van der Waals surface area (Å²) < 4.78 is 2.18. The van der Waals surface area contributed by atoms with E-state index >= 15 is 0 Å². The van der Waals surface area contributed by atoms with Crippen molar-refractivity contribution in [2.24, 2.45) is 0 Å². The molecule has 0 bridgehead atoms. The van der Waals surface area contributed by atoms with Crippen LogP contribution in [0.5, 0.6) is 0 Å². The Kier molecular flexibility index (Phi) is 7.06. The molecule has 1 aliphatic heterocycles. The largest absolute Gasteiger partial charge is 0.318 e. The van der Waals surface area contributed by atoms with Crippen molar-refractivity contribution in [3.63, 3.8) is 0 Å². The van der Waals surface area contributed by atoms with Crippen LogP contribution < -0.4 is 9.80 Å². The van der Waals surface area contributed by atoms with Gasteiger partial charge in [0.2, 0.25) is 0 Å². The molecule has 39 heavy (non-hydrogen) atoms. The van der Waals surface area contributed by atoms with Gasteiger partial charge in [-0.3, -0.25) is 19.4 Å². The maximum atomic E-state index is 14.0. The number of anilines is 2. The number of rotatable bonds is 5. The Morgan fingerprint density at radius 1 is 0.744 bits per heavy atom. The maximum absolute atomic E-state index is 14.0. The average molecular weight is 534 g/mol. The molecule has 5 rings (SSSR count). The van der Waals surface area contributed by atoms with Crippen LogP contribution in [0.4, 0.5) is 11.4 Å². The molecule has 5 nitrogen and oxygen atoms in total. The second kappa shape index (κ2) is 10.5. The Morgan fingerprint density at radius 2 is 1.38 bits per heavy atom. The van der Waals surface area contributed by atoms with Crippen molar-refractivity contribution >= 4 is 46.6 Å². The summed E-state index contributed by atoms with van der Waals surface area (Å²) in [5, 5.41) is 0.138. The van der Waals surface area contributed by atoms with Gasteiger partial charge in [0.15, 0.2) is 5.11 Å². The van der Waals surface area contributed by atoms with Crippen LogP contribution in [0, 0.1) is 27.7 Å². The second-order valence-electron chi connectivity index (χ2n) is 9.87. The predicted molar refractivity (Wildman–Crippen MR) is 163 cm³/mol. The van der Waals surface area contributed by atoms with Gasteiger partial charge in [0.1, 0.15) is 5.57 Å². The Hall–Kier alpha value is -4.29. The van der Waals surface area contributed by atoms with Crippen molar-refractivity contribution in [3.8, 4) is 5.69 Å². The molecule has 3 aromatic carbocycles. The van der Waals surface area contributed by atoms with Gasteiger partial charge >= 0.3 is 0 Å². The molecule has 0 aliphatic carbocycles. The van der Waals surface area contributed by atoms with Crippen LogP contribution in [0.2, 0.25) is 0 Å². The summed E-state index contributed by atoms with van der Waals surface area (Å²) in [6, 6.07) is 25.3. The zero-order valence-electron chi connectivity index (χ0n) is 22.9. The van der Waals surface area contributed by atoms with E-state index < -0.39 is 11.8 Å². The van der Waals surface area contributed by atoms with Crippen LogP contribution in [-0.2, 0) is 16.0 Å². The van der Waals surface area contributed by atoms with Crippen LogP contribution in [0.1, 0.15) is 40.6 Å². The van der Waals surface area contributed by atoms with E-state index in [1.165, 1.54) is 15.4 Å². The number of benzene rings is 3. The minimum absolute atomic E-state index is 0.0645. The first-order chi connectivity index (χ1) is 18.7. The summed E-state index contributed by atoms with van der Waals surface area (Å²) in [5.74, 6) is -0.866. The van der Waals surface area contributed by atoms with Crippen molar-refractivity contribution in [2.75, 3.05) is 9.80 Å². The first kappa shape index (κ1) is 26.3. The summed E-state index contributed by atoms with van der Waals surface area (Å²) in [4.78, 5) is 30.9. The summed E-state index contributed by atoms with van der Waals surface area (Å²) in [5.41, 5.74) is 8.59. The third-order valence-corrected chi connectivity index (χ3v) is 7.76. The molecule has 1 aromatic heterocycles. The zero-order chi connectivity index (χ0) is 27.8. The van der Waals surface area contributed by atoms with Gasteiger partial charge in [-0.25, -0.2) is 0 Å². The molecule has 2 heterocycles. The molecule has 0 unspecified atom stereocenters. The van der Waals surface area contributed by atoms with Crippen molar-refractivity contribution in [2.45, 2.75) is 41.0 Å². The molecule has 0 saturated carbocycles. The third kappa shape index (κ3) is 4.61. The molecule has 196 valence electrons. The topological polar surface area (TPSA) is 45.6 Å². The van der Waals surface area contributed by atoms with E-state index in [2.05, 4.69) is 23.6 Å². The second-order valence-corrected chi connectivity index (χ2v) is 10.2. The number of hydrogen-bond acceptors (Lipinski definition) is 3. The number of hydrogen-bond donors (Lipinski definition) is 0. The van der Waals surface area contributed by atoms with E-state index in [9.17, 15) is 9.59 Å². The third-order valence-electron chi connectivity index (χ3n) is 7.40. The van der Waals surface area contributed by atoms with E-state index in [1.807, 2.05) is 94.4 Å². The van der Waals surface area contributed by atoms with Gasteiger partial charge in [-0.15, -0.1) is 0 Å². The Morgan fingerprint density at radius 3 is 2.05 bits per heavy atom. The molecule has 1 fully saturated rings. The van der Waals surface area contributed by atoms with Crippen molar-refractivity contribution in [1.29, 1.82) is 0 Å². The molecule has 0 N–H and O–H groups in total. The molecule has 0 spiro atoms. The zero-order valence-corrected chi connectivity index (χ0v) is 23.7. The molecule has 1 saturated heterocycles. The van der Waals surface area contributed by atoms with Gasteiger partial charge < -0.3 is 4.57 Å². The van der Waals surface area contributed by atoms with E-state index in [0.29, 0.717) is 11.4 Å². The van der Waals surface area contributed by atoms with Crippen LogP contribution in [0.25, 0.3) is 11.8 Å². The maximum Gasteiger partial charge on any atom is 0.270 e. The van der Waals surface area contributed by atoms with Gasteiger partial charge in [0.05, 0.1) is 11.4 Å². The monoisotopic (exact) mass is 533 g/mol. The fourth-order valence-corrected chi connectivity index (χ4v) is 5.49. The van der Waals surface area contributed by atoms with Crippen LogP contribution in [-0.4, -0.2) is 21.5 Å². The van der Waals surface area contributed by atoms with Gasteiger partial charge in [-0.05, 0) is 111 Å². The van der Waals surface area contributed by atoms with Crippen molar-refractivity contribution < 1.29 is 9.59 Å². The highest BCUT2D eigenvalue weighted by Crippen LogP contribution is 2.32. The number of aromatic nitrogens is 1. The van der Waals surface area contributed by atoms with Gasteiger partial charge in [0.25, 0.3) is 11.8 Å². The Labute approximate surface area is 235 Å². The quantitative estimate of drug-likeness (QED) is 0.157. The minimum atomic E-state index is -0.435. The Balaban J connectivity index is 1.67. The minimum Gasteiger partial charge on any atom is -0.318 e. The molecule has 1 aliphatic rings. The van der Waals surface area contributed by atoms with Crippen molar-refractivity contribution in [1.82, 2.24) is 4.57 Å². The van der Waals surface area contributed by atoms with E-state index in [-0.39, 0.29) is 10.7 Å². The standard InChI is InChI=1S/C33H31N3O2S/c1-6-25-12-10-11-15-30(25)34-23(4)19-26(24(34)5)20-29-31(37)35(27-13-8-7-9-14-27)33(39)36(32(29)38)28-17-16-21(2)22(3)18-28/h7-20H,6H2,1-5H3/b29-20-. The first-order valence-electron chi connectivity index (χ1n) is 13.1. The van der Waals surface area contributed by atoms with Gasteiger partial charge in [-0.2, -0.15) is 0 Å². The lowest BCUT2D eigenvalue weighted by molar-refractivity contribution is -0.120. The summed E-state index contributed by atoms with van der Waals surface area (Å²) in [6.45, 7) is 10.2. The highest BCUT2D eigenvalue weighted by Gasteiger charge is 2.41. The molecular formula is C33H31N3O2S. The molecule has 6 heteroatoms. The number of carbonyl (C=O) groups is 2. The lowest BCUT2D eigenvalue weighted by Crippen LogP contribution is -2.57. The van der Waals surface area contributed by atoms with Gasteiger partial charge in [0, 0.05) is 17.1 Å². The number of nitrogens with zero attached hydrogens (tertiary/aromatic N) is 3. The highest BCUT2D eigenvalue weighted by molar-refractivity contribution is 7.81. The van der Waals surface area contributed by atoms with Crippen LogP contribution in [0.15, 0.2) is 84.4 Å². The summed E-state index contributed by atoms with van der Waals surface area (Å²) in [7, 11) is 0. The first-order valence-corrected chi connectivity index (χ1v) is 13.5. The average Bonchev–Trinajstić information content (AvgIpc) is 3.21. The smallest absolute Gasteiger partial charge is 0.270 e. The number of aryl methyl sites for hydroxylation is 4. The van der Waals surface area contributed by atoms with Crippen LogP contribution in [0.3, 0.4) is 0 Å². The fourth-order valence-electron chi connectivity index (χ4n) is 5.11. The number of carbonyl (C=O) groups excluding carboxylic acids is 2. The van der Waals surface area contributed by atoms with Gasteiger partial charge in [-0.1, -0.05) is 49.4 Å². The number of thiocarbonyl (C=S) groups is 1. The lowest BCUT2D eigenvalue weighted by Gasteiger charge is -2.36. The number of para-hydroxylation sites is 2. The van der Waals surface area contributed by atoms with Crippen LogP contribution >= 0.6 is 12.2 Å². The normalized spacial score (nSPS) is 15.0. The molecule has 0 radical (unpaired) electrons. The lowest BCUT2D eigenvalue weighted by atomic mass is 10.0. The number of amides is 2. The molecular weight excluding hydrogens is 502 g/mol. The van der Waals surface area contributed by atoms with E-state index in [1.54, 1.807) is 6.08 Å². The van der Waals surface area contributed by atoms with E-state index in [0.717, 1.165) is 40.2 Å². The molecule has 0 atom stereocenters. The van der Waals surface area contributed by atoms with E-state index in [4.69, 9.17) is 12.2 Å². The predicted octanol–water partition coefficient (Wildman–Crippen LogP) is 7.02. The summed E-state index contributed by atoms with van der Waals surface area (Å²) >= 11 is 5.78. The fraction of sp³-hybridized carbons (Fsp3) is 0.182. The van der Waals surface area contributed by atoms with Crippen molar-refractivity contribution in [3.05, 3.63) is 118 Å². The Bertz CT molecular complexity index is 1650. The SMILES string of the molecule is CCc1ccccc1-n1c(C)cc(/C=C2/C(=O)N(c3ccccc3)C(=S)N(c3ccc(C)c(C)c3)C2=O)c1C. The highest BCUT2D eigenvalue weighted by atomic mass is 32.1. The molecule has 4 aromatic rings. The summed E-state index contributed by atoms with van der Waals surface area (Å²) in [6.07, 6.45) is 2.61. The molecule has 2 amide bonds.